The predicted octanol–water partition coefficient (Wildman–Crippen LogP) is 3.21. The summed E-state index contributed by atoms with van der Waals surface area (Å²) in [6, 6.07) is 14.2. The lowest BCUT2D eigenvalue weighted by molar-refractivity contribution is -0.121. The summed E-state index contributed by atoms with van der Waals surface area (Å²) in [4.78, 5) is 30.3. The Kier molecular flexibility index (Phi) is 6.20. The number of anilines is 1. The number of hydrogen-bond donors (Lipinski definition) is 3. The van der Waals surface area contributed by atoms with Gasteiger partial charge in [0.2, 0.25) is 11.9 Å². The molecule has 1 aliphatic carbocycles. The van der Waals surface area contributed by atoms with Gasteiger partial charge < -0.3 is 19.7 Å². The Hall–Kier alpha value is -4.02. The third kappa shape index (κ3) is 4.61. The number of carbonyl (C=O) groups is 1. The molecule has 5 heterocycles. The molecule has 10 heteroatoms. The van der Waals surface area contributed by atoms with Crippen molar-refractivity contribution < 1.29 is 14.3 Å². The first-order valence-electron chi connectivity index (χ1n) is 14.3. The normalized spacial score (nSPS) is 33.3. The summed E-state index contributed by atoms with van der Waals surface area (Å²) in [6.45, 7) is 7.64. The zero-order valence-corrected chi connectivity index (χ0v) is 23.6. The molecule has 5 atom stereocenters. The van der Waals surface area contributed by atoms with Gasteiger partial charge in [-0.05, 0) is 63.8 Å². The third-order valence-electron chi connectivity index (χ3n) is 8.65. The number of aliphatic imine (C=N–C) groups is 2. The molecular formula is C31H35N7O3. The van der Waals surface area contributed by atoms with Gasteiger partial charge in [0.15, 0.2) is 0 Å². The van der Waals surface area contributed by atoms with Gasteiger partial charge in [-0.1, -0.05) is 42.5 Å². The van der Waals surface area contributed by atoms with Gasteiger partial charge in [-0.25, -0.2) is 4.98 Å². The summed E-state index contributed by atoms with van der Waals surface area (Å²) >= 11 is 0. The molecule has 5 unspecified atom stereocenters. The summed E-state index contributed by atoms with van der Waals surface area (Å²) < 4.78 is 12.5. The van der Waals surface area contributed by atoms with E-state index in [-0.39, 0.29) is 24.1 Å². The second-order valence-corrected chi connectivity index (χ2v) is 11.8. The molecule has 0 spiro atoms. The van der Waals surface area contributed by atoms with Crippen molar-refractivity contribution in [1.82, 2.24) is 21.2 Å². The lowest BCUT2D eigenvalue weighted by atomic mass is 9.74. The van der Waals surface area contributed by atoms with Crippen LogP contribution in [0.15, 0.2) is 76.4 Å². The summed E-state index contributed by atoms with van der Waals surface area (Å²) in [7, 11) is 0. The van der Waals surface area contributed by atoms with E-state index in [4.69, 9.17) is 19.5 Å². The van der Waals surface area contributed by atoms with Gasteiger partial charge in [-0.2, -0.15) is 10.4 Å². The van der Waals surface area contributed by atoms with Crippen molar-refractivity contribution >= 4 is 23.5 Å². The van der Waals surface area contributed by atoms with Crippen molar-refractivity contribution in [3.8, 4) is 0 Å². The number of allylic oxidation sites excluding steroid dienone is 4. The highest BCUT2D eigenvalue weighted by atomic mass is 16.6. The number of morpholine rings is 1. The van der Waals surface area contributed by atoms with E-state index in [1.165, 1.54) is 0 Å². The number of aromatic nitrogens is 1. The molecule has 3 N–H and O–H groups in total. The van der Waals surface area contributed by atoms with Crippen LogP contribution in [-0.4, -0.2) is 54.1 Å². The van der Waals surface area contributed by atoms with Gasteiger partial charge in [0.25, 0.3) is 5.91 Å². The quantitative estimate of drug-likeness (QED) is 0.533. The first-order valence-corrected chi connectivity index (χ1v) is 14.3. The number of rotatable bonds is 4. The Morgan fingerprint density at radius 3 is 2.63 bits per heavy atom. The minimum Gasteiger partial charge on any atom is -0.437 e. The number of nitrogens with zero attached hydrogens (tertiary/aromatic N) is 4. The smallest absolute Gasteiger partial charge is 0.304 e. The Morgan fingerprint density at radius 1 is 1.07 bits per heavy atom. The maximum absolute atomic E-state index is 13.5. The standard InChI is InChI=1S/C31H35N7O3/c1-19-12-15-23(27(32-19)38-17-21-13-14-22(18-38)40-21)31(3)37-36-29(41-31)35-26-28(39)33-24-11-7-8-16-30(24,2)25(34-26)20-9-5-4-6-10-20/h4-12,15,21-22,26,37H,13-14,16-18H2,1-3H3,(H,33,39)(H,35,36). The number of hydrazine groups is 1. The zero-order chi connectivity index (χ0) is 28.2. The average molecular weight is 554 g/mol. The Morgan fingerprint density at radius 2 is 1.85 bits per heavy atom. The number of pyridine rings is 1. The third-order valence-corrected chi connectivity index (χ3v) is 8.65. The number of nitrogens with one attached hydrogen (secondary N) is 3. The number of amides is 1. The number of amidine groups is 1. The van der Waals surface area contributed by atoms with Crippen molar-refractivity contribution in [2.75, 3.05) is 18.0 Å². The number of carbonyl (C=O) groups excluding carboxylic acids is 1. The molecule has 10 nitrogen and oxygen atoms in total. The van der Waals surface area contributed by atoms with Crippen molar-refractivity contribution in [2.45, 2.75) is 64.1 Å². The van der Waals surface area contributed by atoms with E-state index >= 15 is 0 Å². The number of benzene rings is 1. The van der Waals surface area contributed by atoms with Gasteiger partial charge >= 0.3 is 6.02 Å². The molecule has 7 rings (SSSR count). The molecule has 41 heavy (non-hydrogen) atoms. The Balaban J connectivity index is 1.21. The maximum Gasteiger partial charge on any atom is 0.304 e. The molecule has 2 aromatic rings. The fourth-order valence-corrected chi connectivity index (χ4v) is 6.42. The molecule has 1 aromatic carbocycles. The Labute approximate surface area is 239 Å². The van der Waals surface area contributed by atoms with Crippen LogP contribution in [0.1, 0.15) is 49.9 Å². The van der Waals surface area contributed by atoms with Crippen molar-refractivity contribution in [3.63, 3.8) is 0 Å². The van der Waals surface area contributed by atoms with Crippen LogP contribution >= 0.6 is 0 Å². The number of hydrogen-bond acceptors (Lipinski definition) is 8. The highest BCUT2D eigenvalue weighted by Gasteiger charge is 2.44. The van der Waals surface area contributed by atoms with Gasteiger partial charge in [-0.3, -0.25) is 15.2 Å². The monoisotopic (exact) mass is 553 g/mol. The minimum absolute atomic E-state index is 0.194. The lowest BCUT2D eigenvalue weighted by Crippen LogP contribution is -2.46. The van der Waals surface area contributed by atoms with E-state index < -0.39 is 17.3 Å². The number of ether oxygens (including phenoxy) is 2. The summed E-state index contributed by atoms with van der Waals surface area (Å²) in [6.07, 6.45) is 8.31. The number of fused-ring (bicyclic) bond motifs is 3. The van der Waals surface area contributed by atoms with E-state index in [0.717, 1.165) is 66.4 Å². The Bertz CT molecular complexity index is 1490. The minimum atomic E-state index is -1.04. The second kappa shape index (κ2) is 9.81. The molecule has 4 aliphatic heterocycles. The van der Waals surface area contributed by atoms with Crippen LogP contribution < -0.4 is 21.1 Å². The fraction of sp³-hybridized carbons (Fsp3) is 0.419. The zero-order valence-electron chi connectivity index (χ0n) is 23.6. The van der Waals surface area contributed by atoms with Gasteiger partial charge in [0.1, 0.15) is 5.82 Å². The molecular weight excluding hydrogens is 518 g/mol. The van der Waals surface area contributed by atoms with Crippen LogP contribution in [0.3, 0.4) is 0 Å². The van der Waals surface area contributed by atoms with Crippen molar-refractivity contribution in [1.29, 1.82) is 0 Å². The molecule has 0 radical (unpaired) electrons. The number of aryl methyl sites for hydroxylation is 1. The van der Waals surface area contributed by atoms with Crippen molar-refractivity contribution in [3.05, 3.63) is 83.2 Å². The van der Waals surface area contributed by atoms with Crippen LogP contribution in [0.4, 0.5) is 5.82 Å². The van der Waals surface area contributed by atoms with E-state index in [1.54, 1.807) is 0 Å². The van der Waals surface area contributed by atoms with Crippen molar-refractivity contribution in [2.24, 2.45) is 15.4 Å². The maximum atomic E-state index is 13.5. The second-order valence-electron chi connectivity index (χ2n) is 11.8. The predicted molar refractivity (Wildman–Crippen MR) is 156 cm³/mol. The molecule has 0 saturated carbocycles. The summed E-state index contributed by atoms with van der Waals surface area (Å²) in [5.41, 5.74) is 9.26. The van der Waals surface area contributed by atoms with Crippen LogP contribution in [0, 0.1) is 12.3 Å². The van der Waals surface area contributed by atoms with E-state index in [9.17, 15) is 4.79 Å². The molecule has 212 valence electrons. The van der Waals surface area contributed by atoms with Gasteiger partial charge in [0, 0.05) is 24.5 Å². The van der Waals surface area contributed by atoms with E-state index in [1.807, 2.05) is 68.5 Å². The average Bonchev–Trinajstić information content (AvgIpc) is 3.49. The van der Waals surface area contributed by atoms with Gasteiger partial charge in [0.05, 0.1) is 28.9 Å². The molecule has 1 aromatic heterocycles. The highest BCUT2D eigenvalue weighted by molar-refractivity contribution is 6.09. The van der Waals surface area contributed by atoms with Crippen LogP contribution in [0.5, 0.6) is 0 Å². The molecule has 5 aliphatic rings. The molecule has 2 bridgehead atoms. The molecule has 3 fully saturated rings. The molecule has 1 amide bonds. The van der Waals surface area contributed by atoms with E-state index in [0.29, 0.717) is 0 Å². The largest absolute Gasteiger partial charge is 0.437 e. The van der Waals surface area contributed by atoms with Crippen LogP contribution in [0.2, 0.25) is 0 Å². The first kappa shape index (κ1) is 25.9. The highest BCUT2D eigenvalue weighted by Crippen LogP contribution is 2.40. The summed E-state index contributed by atoms with van der Waals surface area (Å²) in [5.74, 6) is 0.563. The lowest BCUT2D eigenvalue weighted by Gasteiger charge is -2.36. The van der Waals surface area contributed by atoms with Crippen LogP contribution in [0.25, 0.3) is 0 Å². The molecule has 3 saturated heterocycles. The van der Waals surface area contributed by atoms with Gasteiger partial charge in [-0.15, -0.1) is 0 Å². The topological polar surface area (TPSA) is 112 Å². The summed E-state index contributed by atoms with van der Waals surface area (Å²) in [5, 5.41) is 3.09. The van der Waals surface area contributed by atoms with Crippen LogP contribution in [-0.2, 0) is 20.0 Å². The van der Waals surface area contributed by atoms with E-state index in [2.05, 4.69) is 39.1 Å². The SMILES string of the molecule is Cc1ccc(C2(C)NN/C(=N\C3N=C(c4ccccc4)C4(C)CC=CC=C4NC3=O)O2)c(N2CC3CCC(C2)O3)n1. The first-order chi connectivity index (χ1) is 19.8. The fourth-order valence-electron chi connectivity index (χ4n) is 6.42.